The van der Waals surface area contributed by atoms with E-state index in [2.05, 4.69) is 29.6 Å². The van der Waals surface area contributed by atoms with Gasteiger partial charge in [0.25, 0.3) is 0 Å². The topological polar surface area (TPSA) is 69.7 Å². The standard InChI is InChI=1S/C24H35N3O3/c1-18(2)22(26(4)23(29)16-25-17-28)14-19(3)24(30)27-12-10-21(11-13-27)15-20-8-6-5-7-9-20/h5-9,14,17-18,21-22H,10-13,15-16H2,1-4H3,(H,25,28)/b19-14+/t22-/m1/s1. The first-order valence-corrected chi connectivity index (χ1v) is 10.8. The van der Waals surface area contributed by atoms with E-state index in [-0.39, 0.29) is 30.3 Å². The van der Waals surface area contributed by atoms with E-state index in [1.807, 2.05) is 37.8 Å². The molecular weight excluding hydrogens is 378 g/mol. The number of hydrogen-bond acceptors (Lipinski definition) is 3. The maximum atomic E-state index is 13.0. The predicted molar refractivity (Wildman–Crippen MR) is 119 cm³/mol. The van der Waals surface area contributed by atoms with Crippen molar-refractivity contribution in [3.8, 4) is 0 Å². The molecule has 0 unspecified atom stereocenters. The zero-order valence-corrected chi connectivity index (χ0v) is 18.6. The van der Waals surface area contributed by atoms with Crippen molar-refractivity contribution in [3.05, 3.63) is 47.5 Å². The first-order chi connectivity index (χ1) is 14.3. The van der Waals surface area contributed by atoms with E-state index in [4.69, 9.17) is 0 Å². The lowest BCUT2D eigenvalue weighted by molar-refractivity contribution is -0.132. The first-order valence-electron chi connectivity index (χ1n) is 10.8. The number of benzene rings is 1. The Kier molecular flexibility index (Phi) is 9.09. The minimum absolute atomic E-state index is 0.0427. The molecule has 0 aliphatic carbocycles. The van der Waals surface area contributed by atoms with Gasteiger partial charge in [0.1, 0.15) is 0 Å². The second kappa shape index (κ2) is 11.5. The van der Waals surface area contributed by atoms with Crippen LogP contribution in [-0.2, 0) is 20.8 Å². The third kappa shape index (κ3) is 6.71. The summed E-state index contributed by atoms with van der Waals surface area (Å²) in [6.07, 6.45) is 5.49. The third-order valence-corrected chi connectivity index (χ3v) is 5.89. The molecule has 1 aromatic rings. The number of likely N-dealkylation sites (N-methyl/N-ethyl adjacent to an activating group) is 1. The quantitative estimate of drug-likeness (QED) is 0.500. The van der Waals surface area contributed by atoms with Crippen LogP contribution in [-0.4, -0.2) is 60.7 Å². The number of nitrogens with zero attached hydrogens (tertiary/aromatic N) is 2. The molecule has 1 aromatic carbocycles. The molecule has 1 saturated heterocycles. The van der Waals surface area contributed by atoms with E-state index in [0.29, 0.717) is 17.9 Å². The average Bonchev–Trinajstić information content (AvgIpc) is 2.75. The summed E-state index contributed by atoms with van der Waals surface area (Å²) in [7, 11) is 1.71. The minimum atomic E-state index is -0.203. The molecule has 0 radical (unpaired) electrons. The van der Waals surface area contributed by atoms with Crippen LogP contribution in [0.1, 0.15) is 39.2 Å². The lowest BCUT2D eigenvalue weighted by atomic mass is 9.90. The van der Waals surface area contributed by atoms with Crippen LogP contribution in [0.4, 0.5) is 0 Å². The molecule has 1 aliphatic rings. The molecule has 6 heteroatoms. The summed E-state index contributed by atoms with van der Waals surface area (Å²) >= 11 is 0. The van der Waals surface area contributed by atoms with E-state index in [0.717, 1.165) is 32.4 Å². The molecule has 1 fully saturated rings. The molecule has 0 saturated carbocycles. The van der Waals surface area contributed by atoms with Gasteiger partial charge >= 0.3 is 0 Å². The van der Waals surface area contributed by atoms with E-state index < -0.39 is 0 Å². The Labute approximate surface area is 180 Å². The average molecular weight is 414 g/mol. The van der Waals surface area contributed by atoms with Crippen LogP contribution in [0.15, 0.2) is 42.0 Å². The molecule has 1 atom stereocenters. The number of amides is 3. The van der Waals surface area contributed by atoms with Gasteiger partial charge in [-0.15, -0.1) is 0 Å². The van der Waals surface area contributed by atoms with Crippen molar-refractivity contribution in [2.75, 3.05) is 26.7 Å². The zero-order chi connectivity index (χ0) is 22.1. The van der Waals surface area contributed by atoms with Crippen LogP contribution in [0.3, 0.4) is 0 Å². The number of carbonyl (C=O) groups excluding carboxylic acids is 3. The first kappa shape index (κ1) is 23.6. The molecule has 0 bridgehead atoms. The summed E-state index contributed by atoms with van der Waals surface area (Å²) in [5.41, 5.74) is 2.02. The molecule has 1 heterocycles. The Morgan fingerprint density at radius 3 is 2.40 bits per heavy atom. The molecule has 6 nitrogen and oxygen atoms in total. The Morgan fingerprint density at radius 1 is 1.20 bits per heavy atom. The van der Waals surface area contributed by atoms with Gasteiger partial charge in [0, 0.05) is 25.7 Å². The number of nitrogens with one attached hydrogen (secondary N) is 1. The van der Waals surface area contributed by atoms with Gasteiger partial charge in [-0.3, -0.25) is 14.4 Å². The highest BCUT2D eigenvalue weighted by Gasteiger charge is 2.26. The lowest BCUT2D eigenvalue weighted by Gasteiger charge is -2.33. The number of carbonyl (C=O) groups is 3. The largest absolute Gasteiger partial charge is 0.350 e. The van der Waals surface area contributed by atoms with Crippen LogP contribution >= 0.6 is 0 Å². The number of likely N-dealkylation sites (tertiary alicyclic amines) is 1. The summed E-state index contributed by atoms with van der Waals surface area (Å²) in [6, 6.07) is 10.3. The van der Waals surface area contributed by atoms with Gasteiger partial charge < -0.3 is 15.1 Å². The molecule has 1 aliphatic heterocycles. The lowest BCUT2D eigenvalue weighted by Crippen LogP contribution is -2.44. The fourth-order valence-corrected chi connectivity index (χ4v) is 4.04. The molecule has 3 amide bonds. The third-order valence-electron chi connectivity index (χ3n) is 5.89. The van der Waals surface area contributed by atoms with Crippen LogP contribution in [0.5, 0.6) is 0 Å². The molecule has 164 valence electrons. The summed E-state index contributed by atoms with van der Waals surface area (Å²) < 4.78 is 0. The maximum absolute atomic E-state index is 13.0. The van der Waals surface area contributed by atoms with Gasteiger partial charge in [0.15, 0.2) is 0 Å². The van der Waals surface area contributed by atoms with Crippen molar-refractivity contribution in [2.24, 2.45) is 11.8 Å². The highest BCUT2D eigenvalue weighted by molar-refractivity contribution is 5.93. The molecule has 2 rings (SSSR count). The van der Waals surface area contributed by atoms with Gasteiger partial charge in [0.2, 0.25) is 18.2 Å². The van der Waals surface area contributed by atoms with E-state index in [1.165, 1.54) is 5.56 Å². The normalized spacial score (nSPS) is 16.3. The predicted octanol–water partition coefficient (Wildman–Crippen LogP) is 2.64. The van der Waals surface area contributed by atoms with Crippen molar-refractivity contribution >= 4 is 18.2 Å². The summed E-state index contributed by atoms with van der Waals surface area (Å²) in [6.45, 7) is 7.36. The molecule has 30 heavy (non-hydrogen) atoms. The Balaban J connectivity index is 1.95. The summed E-state index contributed by atoms with van der Waals surface area (Å²) in [5.74, 6) is 0.623. The molecule has 1 N–H and O–H groups in total. The highest BCUT2D eigenvalue weighted by atomic mass is 16.2. The van der Waals surface area contributed by atoms with E-state index in [1.54, 1.807) is 11.9 Å². The van der Waals surface area contributed by atoms with Crippen molar-refractivity contribution < 1.29 is 14.4 Å². The van der Waals surface area contributed by atoms with Crippen molar-refractivity contribution in [2.45, 2.75) is 46.1 Å². The Morgan fingerprint density at radius 2 is 1.83 bits per heavy atom. The fraction of sp³-hybridized carbons (Fsp3) is 0.542. The van der Waals surface area contributed by atoms with Gasteiger partial charge in [-0.05, 0) is 43.6 Å². The van der Waals surface area contributed by atoms with Crippen LogP contribution < -0.4 is 5.32 Å². The second-order valence-electron chi connectivity index (χ2n) is 8.51. The summed E-state index contributed by atoms with van der Waals surface area (Å²) in [4.78, 5) is 39.2. The zero-order valence-electron chi connectivity index (χ0n) is 18.6. The van der Waals surface area contributed by atoms with Gasteiger partial charge in [0.05, 0.1) is 12.6 Å². The van der Waals surface area contributed by atoms with Crippen LogP contribution in [0.2, 0.25) is 0 Å². The van der Waals surface area contributed by atoms with Crippen molar-refractivity contribution in [1.82, 2.24) is 15.1 Å². The van der Waals surface area contributed by atoms with Crippen LogP contribution in [0, 0.1) is 11.8 Å². The number of rotatable bonds is 9. The smallest absolute Gasteiger partial charge is 0.249 e. The Hall–Kier alpha value is -2.63. The van der Waals surface area contributed by atoms with E-state index in [9.17, 15) is 14.4 Å². The summed E-state index contributed by atoms with van der Waals surface area (Å²) in [5, 5.41) is 2.40. The maximum Gasteiger partial charge on any atom is 0.249 e. The molecule has 0 aromatic heterocycles. The van der Waals surface area contributed by atoms with Gasteiger partial charge in [-0.2, -0.15) is 0 Å². The number of hydrogen-bond donors (Lipinski definition) is 1. The fourth-order valence-electron chi connectivity index (χ4n) is 4.04. The Bertz CT molecular complexity index is 737. The molecule has 0 spiro atoms. The van der Waals surface area contributed by atoms with Crippen LogP contribution in [0.25, 0.3) is 0 Å². The second-order valence-corrected chi connectivity index (χ2v) is 8.51. The van der Waals surface area contributed by atoms with Crippen molar-refractivity contribution in [3.63, 3.8) is 0 Å². The highest BCUT2D eigenvalue weighted by Crippen LogP contribution is 2.23. The van der Waals surface area contributed by atoms with Crippen molar-refractivity contribution in [1.29, 1.82) is 0 Å². The monoisotopic (exact) mass is 413 g/mol. The molecular formula is C24H35N3O3. The van der Waals surface area contributed by atoms with E-state index >= 15 is 0 Å². The SMILES string of the molecule is C/C(=C\[C@H](C(C)C)N(C)C(=O)CNC=O)C(=O)N1CCC(Cc2ccccc2)CC1. The minimum Gasteiger partial charge on any atom is -0.350 e. The van der Waals surface area contributed by atoms with Gasteiger partial charge in [-0.1, -0.05) is 50.3 Å². The van der Waals surface area contributed by atoms with Gasteiger partial charge in [-0.25, -0.2) is 0 Å². The number of piperidine rings is 1.